The molecule has 3 N–H and O–H groups in total. The fraction of sp³-hybridized carbons (Fsp3) is 0.900. The van der Waals surface area contributed by atoms with Crippen LogP contribution < -0.4 is 11.1 Å². The number of amides is 1. The average molecular weight is 200 g/mol. The Morgan fingerprint density at radius 1 is 1.57 bits per heavy atom. The van der Waals surface area contributed by atoms with E-state index < -0.39 is 5.54 Å². The minimum absolute atomic E-state index is 0.0660. The SMILES string of the molecule is CCC(CC)NC(=O)C1(N)CCOC1. The maximum atomic E-state index is 11.8. The summed E-state index contributed by atoms with van der Waals surface area (Å²) in [6, 6.07) is 0.239. The molecule has 1 unspecified atom stereocenters. The molecule has 1 aliphatic heterocycles. The van der Waals surface area contributed by atoms with Gasteiger partial charge in [-0.15, -0.1) is 0 Å². The van der Waals surface area contributed by atoms with Gasteiger partial charge in [-0.05, 0) is 19.3 Å². The second kappa shape index (κ2) is 4.75. The molecule has 1 atom stereocenters. The van der Waals surface area contributed by atoms with E-state index in [2.05, 4.69) is 19.2 Å². The van der Waals surface area contributed by atoms with Crippen LogP contribution in [0.4, 0.5) is 0 Å². The number of ether oxygens (including phenoxy) is 1. The molecule has 1 aliphatic rings. The highest BCUT2D eigenvalue weighted by atomic mass is 16.5. The third-order valence-electron chi connectivity index (χ3n) is 2.83. The molecule has 4 nitrogen and oxygen atoms in total. The Bertz CT molecular complexity index is 196. The van der Waals surface area contributed by atoms with Crippen molar-refractivity contribution in [1.82, 2.24) is 5.32 Å². The van der Waals surface area contributed by atoms with E-state index >= 15 is 0 Å². The second-order valence-corrected chi connectivity index (χ2v) is 3.95. The van der Waals surface area contributed by atoms with Crippen molar-refractivity contribution in [3.63, 3.8) is 0 Å². The van der Waals surface area contributed by atoms with E-state index in [1.54, 1.807) is 0 Å². The molecule has 1 fully saturated rings. The predicted molar refractivity (Wildman–Crippen MR) is 54.9 cm³/mol. The fourth-order valence-electron chi connectivity index (χ4n) is 1.58. The third-order valence-corrected chi connectivity index (χ3v) is 2.83. The van der Waals surface area contributed by atoms with Crippen LogP contribution in [0.2, 0.25) is 0 Å². The molecule has 1 amide bonds. The van der Waals surface area contributed by atoms with E-state index in [0.29, 0.717) is 19.6 Å². The van der Waals surface area contributed by atoms with E-state index in [-0.39, 0.29) is 11.9 Å². The zero-order valence-corrected chi connectivity index (χ0v) is 9.01. The lowest BCUT2D eigenvalue weighted by Gasteiger charge is -2.24. The van der Waals surface area contributed by atoms with Gasteiger partial charge in [-0.1, -0.05) is 13.8 Å². The van der Waals surface area contributed by atoms with Crippen molar-refractivity contribution in [3.8, 4) is 0 Å². The number of carbonyl (C=O) groups is 1. The van der Waals surface area contributed by atoms with Gasteiger partial charge in [-0.25, -0.2) is 0 Å². The van der Waals surface area contributed by atoms with Gasteiger partial charge in [0.2, 0.25) is 5.91 Å². The molecule has 0 aromatic heterocycles. The van der Waals surface area contributed by atoms with Crippen LogP contribution in [0.5, 0.6) is 0 Å². The first-order valence-electron chi connectivity index (χ1n) is 5.30. The van der Waals surface area contributed by atoms with Crippen molar-refractivity contribution in [3.05, 3.63) is 0 Å². The molecule has 0 aromatic rings. The largest absolute Gasteiger partial charge is 0.379 e. The number of nitrogens with one attached hydrogen (secondary N) is 1. The standard InChI is InChI=1S/C10H20N2O2/c1-3-8(4-2)12-9(13)10(11)5-6-14-7-10/h8H,3-7,11H2,1-2H3,(H,12,13). The zero-order valence-electron chi connectivity index (χ0n) is 9.01. The lowest BCUT2D eigenvalue weighted by molar-refractivity contribution is -0.127. The van der Waals surface area contributed by atoms with Gasteiger partial charge in [-0.2, -0.15) is 0 Å². The Hall–Kier alpha value is -0.610. The van der Waals surface area contributed by atoms with Crippen LogP contribution in [0.15, 0.2) is 0 Å². The molecule has 14 heavy (non-hydrogen) atoms. The van der Waals surface area contributed by atoms with E-state index in [0.717, 1.165) is 12.8 Å². The van der Waals surface area contributed by atoms with E-state index in [1.165, 1.54) is 0 Å². The van der Waals surface area contributed by atoms with Crippen molar-refractivity contribution in [2.24, 2.45) is 5.73 Å². The summed E-state index contributed by atoms with van der Waals surface area (Å²) >= 11 is 0. The van der Waals surface area contributed by atoms with Crippen molar-refractivity contribution in [1.29, 1.82) is 0 Å². The number of nitrogens with two attached hydrogens (primary N) is 1. The minimum Gasteiger partial charge on any atom is -0.379 e. The number of hydrogen-bond acceptors (Lipinski definition) is 3. The molecule has 1 saturated heterocycles. The second-order valence-electron chi connectivity index (χ2n) is 3.95. The Labute approximate surface area is 85.2 Å². The van der Waals surface area contributed by atoms with E-state index in [1.807, 2.05) is 0 Å². The first-order chi connectivity index (χ1) is 6.62. The summed E-state index contributed by atoms with van der Waals surface area (Å²) in [7, 11) is 0. The lowest BCUT2D eigenvalue weighted by atomic mass is 9.98. The van der Waals surface area contributed by atoms with Gasteiger partial charge in [0.25, 0.3) is 0 Å². The van der Waals surface area contributed by atoms with Crippen LogP contribution in [-0.4, -0.2) is 30.7 Å². The van der Waals surface area contributed by atoms with Gasteiger partial charge >= 0.3 is 0 Å². The summed E-state index contributed by atoms with van der Waals surface area (Å²) in [5, 5.41) is 2.95. The Morgan fingerprint density at radius 3 is 2.64 bits per heavy atom. The Balaban J connectivity index is 2.48. The summed E-state index contributed by atoms with van der Waals surface area (Å²) in [5.41, 5.74) is 5.13. The molecule has 4 heteroatoms. The van der Waals surface area contributed by atoms with Crippen LogP contribution in [0.3, 0.4) is 0 Å². The van der Waals surface area contributed by atoms with Crippen LogP contribution >= 0.6 is 0 Å². The maximum absolute atomic E-state index is 11.8. The average Bonchev–Trinajstić information content (AvgIpc) is 2.62. The van der Waals surface area contributed by atoms with Gasteiger partial charge in [0.05, 0.1) is 6.61 Å². The third kappa shape index (κ3) is 2.45. The van der Waals surface area contributed by atoms with Crippen molar-refractivity contribution in [2.75, 3.05) is 13.2 Å². The van der Waals surface area contributed by atoms with Gasteiger partial charge in [0, 0.05) is 12.6 Å². The van der Waals surface area contributed by atoms with E-state index in [4.69, 9.17) is 10.5 Å². The van der Waals surface area contributed by atoms with Crippen LogP contribution in [-0.2, 0) is 9.53 Å². The number of rotatable bonds is 4. The van der Waals surface area contributed by atoms with E-state index in [9.17, 15) is 4.79 Å². The highest BCUT2D eigenvalue weighted by Gasteiger charge is 2.38. The molecule has 1 heterocycles. The quantitative estimate of drug-likeness (QED) is 0.691. The monoisotopic (exact) mass is 200 g/mol. The summed E-state index contributed by atoms with van der Waals surface area (Å²) in [6.45, 7) is 5.05. The van der Waals surface area contributed by atoms with Gasteiger partial charge < -0.3 is 15.8 Å². The highest BCUT2D eigenvalue weighted by Crippen LogP contribution is 2.16. The molecule has 82 valence electrons. The summed E-state index contributed by atoms with van der Waals surface area (Å²) in [6.07, 6.45) is 2.51. The van der Waals surface area contributed by atoms with Crippen molar-refractivity contribution >= 4 is 5.91 Å². The molecule has 0 saturated carbocycles. The molecule has 0 aromatic carbocycles. The first-order valence-corrected chi connectivity index (χ1v) is 5.30. The molecule has 0 aliphatic carbocycles. The smallest absolute Gasteiger partial charge is 0.242 e. The van der Waals surface area contributed by atoms with Crippen molar-refractivity contribution in [2.45, 2.75) is 44.7 Å². The molecular formula is C10H20N2O2. The first kappa shape index (κ1) is 11.5. The lowest BCUT2D eigenvalue weighted by Crippen LogP contribution is -2.56. The van der Waals surface area contributed by atoms with Gasteiger partial charge in [-0.3, -0.25) is 4.79 Å². The summed E-state index contributed by atoms with van der Waals surface area (Å²) in [4.78, 5) is 11.8. The molecule has 0 bridgehead atoms. The fourth-order valence-corrected chi connectivity index (χ4v) is 1.58. The molecular weight excluding hydrogens is 180 g/mol. The topological polar surface area (TPSA) is 64.4 Å². The van der Waals surface area contributed by atoms with Crippen molar-refractivity contribution < 1.29 is 9.53 Å². The van der Waals surface area contributed by atoms with Crippen LogP contribution in [0.1, 0.15) is 33.1 Å². The summed E-state index contributed by atoms with van der Waals surface area (Å²) in [5.74, 6) is -0.0660. The minimum atomic E-state index is -0.789. The number of carbonyl (C=O) groups excluding carboxylic acids is 1. The molecule has 0 radical (unpaired) electrons. The normalized spacial score (nSPS) is 26.9. The zero-order chi connectivity index (χ0) is 10.6. The maximum Gasteiger partial charge on any atom is 0.242 e. The molecule has 0 spiro atoms. The van der Waals surface area contributed by atoms with Crippen LogP contribution in [0, 0.1) is 0 Å². The Morgan fingerprint density at radius 2 is 2.21 bits per heavy atom. The van der Waals surface area contributed by atoms with Gasteiger partial charge in [0.1, 0.15) is 5.54 Å². The van der Waals surface area contributed by atoms with Gasteiger partial charge in [0.15, 0.2) is 0 Å². The Kier molecular flexibility index (Phi) is 3.89. The highest BCUT2D eigenvalue weighted by molar-refractivity contribution is 5.86. The summed E-state index contributed by atoms with van der Waals surface area (Å²) < 4.78 is 5.14. The molecule has 1 rings (SSSR count). The van der Waals surface area contributed by atoms with Crippen LogP contribution in [0.25, 0.3) is 0 Å². The predicted octanol–water partition coefficient (Wildman–Crippen LogP) is 0.409. The number of hydrogen-bond donors (Lipinski definition) is 2.